The van der Waals surface area contributed by atoms with Crippen molar-refractivity contribution < 1.29 is 27.4 Å². The van der Waals surface area contributed by atoms with Gasteiger partial charge < -0.3 is 4.52 Å². The van der Waals surface area contributed by atoms with Crippen molar-refractivity contribution >= 4 is 12.0 Å². The van der Waals surface area contributed by atoms with Crippen molar-refractivity contribution in [2.24, 2.45) is 0 Å². The van der Waals surface area contributed by atoms with Crippen LogP contribution in [0.5, 0.6) is 0 Å². The summed E-state index contributed by atoms with van der Waals surface area (Å²) in [6, 6.07) is 14.2. The van der Waals surface area contributed by atoms with Gasteiger partial charge in [-0.15, -0.1) is 0 Å². The van der Waals surface area contributed by atoms with Crippen molar-refractivity contribution in [3.63, 3.8) is 0 Å². The van der Waals surface area contributed by atoms with Gasteiger partial charge in [0.25, 0.3) is 11.6 Å². The van der Waals surface area contributed by atoms with Crippen LogP contribution in [0.25, 0.3) is 34.0 Å². The van der Waals surface area contributed by atoms with Crippen LogP contribution in [0.4, 0.5) is 18.9 Å². The van der Waals surface area contributed by atoms with Crippen LogP contribution in [0.15, 0.2) is 65.2 Å². The van der Waals surface area contributed by atoms with E-state index in [1.165, 1.54) is 24.3 Å². The molecule has 3 aromatic carbocycles. The minimum Gasteiger partial charge on any atom is -0.334 e. The van der Waals surface area contributed by atoms with Crippen molar-refractivity contribution in [3.8, 4) is 34.0 Å². The molecule has 0 bridgehead atoms. The van der Waals surface area contributed by atoms with Gasteiger partial charge >= 0.3 is 6.18 Å². The summed E-state index contributed by atoms with van der Waals surface area (Å²) in [7, 11) is 0. The number of carbonyl (C=O) groups is 1. The van der Waals surface area contributed by atoms with Crippen LogP contribution in [0.3, 0.4) is 0 Å². The summed E-state index contributed by atoms with van der Waals surface area (Å²) in [6.45, 7) is 1.72. The van der Waals surface area contributed by atoms with Crippen molar-refractivity contribution in [2.75, 3.05) is 0 Å². The van der Waals surface area contributed by atoms with Gasteiger partial charge in [-0.3, -0.25) is 14.9 Å². The normalized spacial score (nSPS) is 11.4. The van der Waals surface area contributed by atoms with Gasteiger partial charge in [0, 0.05) is 17.2 Å². The number of hydrogen-bond acceptors (Lipinski definition) is 6. The Bertz CT molecular complexity index is 1380. The average Bonchev–Trinajstić information content (AvgIpc) is 3.28. The molecule has 4 aromatic rings. The van der Waals surface area contributed by atoms with E-state index in [9.17, 15) is 28.1 Å². The molecule has 33 heavy (non-hydrogen) atoms. The summed E-state index contributed by atoms with van der Waals surface area (Å²) in [5, 5.41) is 14.9. The summed E-state index contributed by atoms with van der Waals surface area (Å²) in [5.74, 6) is -0.254. The largest absolute Gasteiger partial charge is 0.417 e. The molecule has 0 saturated carbocycles. The summed E-state index contributed by atoms with van der Waals surface area (Å²) >= 11 is 0. The standard InChI is InChI=1S/C23H14F3N3O4/c1-13-4-2-3-5-17(13)18-9-8-15(10-19(18)23(24,25)26)22-27-21(28-33-22)14-6-7-16(12-30)20(11-14)29(31)32/h2-12H,1H3. The predicted molar refractivity (Wildman–Crippen MR) is 112 cm³/mol. The molecule has 7 nitrogen and oxygen atoms in total. The van der Waals surface area contributed by atoms with Crippen LogP contribution in [0.1, 0.15) is 21.5 Å². The molecule has 0 aliphatic carbocycles. The zero-order chi connectivity index (χ0) is 23.8. The molecule has 4 rings (SSSR count). The number of nitrogens with zero attached hydrogens (tertiary/aromatic N) is 3. The third kappa shape index (κ3) is 4.22. The van der Waals surface area contributed by atoms with Gasteiger partial charge in [0.1, 0.15) is 0 Å². The maximum absolute atomic E-state index is 13.9. The lowest BCUT2D eigenvalue weighted by Crippen LogP contribution is -2.08. The average molecular weight is 453 g/mol. The summed E-state index contributed by atoms with van der Waals surface area (Å²) < 4.78 is 46.7. The Balaban J connectivity index is 1.78. The molecule has 0 saturated heterocycles. The molecule has 1 heterocycles. The monoisotopic (exact) mass is 453 g/mol. The van der Waals surface area contributed by atoms with E-state index in [0.717, 1.165) is 12.1 Å². The van der Waals surface area contributed by atoms with Crippen LogP contribution in [0.2, 0.25) is 0 Å². The van der Waals surface area contributed by atoms with E-state index in [-0.39, 0.29) is 34.0 Å². The number of aryl methyl sites for hydroxylation is 1. The molecule has 0 fully saturated rings. The second-order valence-corrected chi connectivity index (χ2v) is 7.14. The van der Waals surface area contributed by atoms with Crippen LogP contribution in [-0.4, -0.2) is 21.4 Å². The maximum Gasteiger partial charge on any atom is 0.417 e. The predicted octanol–water partition coefficient (Wildman–Crippen LogP) is 6.12. The molecule has 10 heteroatoms. The first-order valence-electron chi connectivity index (χ1n) is 9.54. The van der Waals surface area contributed by atoms with Crippen molar-refractivity contribution in [2.45, 2.75) is 13.1 Å². The third-order valence-corrected chi connectivity index (χ3v) is 5.05. The number of nitro groups is 1. The third-order valence-electron chi connectivity index (χ3n) is 5.05. The van der Waals surface area contributed by atoms with E-state index in [1.807, 2.05) is 0 Å². The SMILES string of the molecule is Cc1ccccc1-c1ccc(-c2nc(-c3ccc(C=O)c([N+](=O)[O-])c3)no2)cc1C(F)(F)F. The van der Waals surface area contributed by atoms with E-state index in [0.29, 0.717) is 17.4 Å². The van der Waals surface area contributed by atoms with Crippen molar-refractivity contribution in [1.29, 1.82) is 0 Å². The van der Waals surface area contributed by atoms with Gasteiger partial charge in [-0.05, 0) is 47.9 Å². The molecule has 0 spiro atoms. The van der Waals surface area contributed by atoms with Gasteiger partial charge in [0.15, 0.2) is 6.29 Å². The Hall–Kier alpha value is -4.34. The minimum absolute atomic E-state index is 0.0177. The van der Waals surface area contributed by atoms with Crippen molar-refractivity contribution in [1.82, 2.24) is 10.1 Å². The van der Waals surface area contributed by atoms with Crippen LogP contribution >= 0.6 is 0 Å². The topological polar surface area (TPSA) is 99.1 Å². The number of carbonyl (C=O) groups excluding carboxylic acids is 1. The van der Waals surface area contributed by atoms with Gasteiger partial charge in [-0.2, -0.15) is 18.2 Å². The minimum atomic E-state index is -4.64. The molecular formula is C23H14F3N3O4. The van der Waals surface area contributed by atoms with E-state index in [4.69, 9.17) is 4.52 Å². The molecule has 0 amide bonds. The van der Waals surface area contributed by atoms with Gasteiger partial charge in [0.05, 0.1) is 16.1 Å². The number of nitro benzene ring substituents is 1. The highest BCUT2D eigenvalue weighted by atomic mass is 19.4. The molecule has 0 atom stereocenters. The molecule has 0 aliphatic rings. The second kappa shape index (κ2) is 8.30. The van der Waals surface area contributed by atoms with Crippen LogP contribution in [-0.2, 0) is 6.18 Å². The summed E-state index contributed by atoms with van der Waals surface area (Å²) in [6.07, 6.45) is -4.29. The number of aldehydes is 1. The molecule has 0 radical (unpaired) electrons. The van der Waals surface area contributed by atoms with Crippen LogP contribution in [0, 0.1) is 17.0 Å². The quantitative estimate of drug-likeness (QED) is 0.205. The van der Waals surface area contributed by atoms with E-state index in [2.05, 4.69) is 10.1 Å². The first-order valence-corrected chi connectivity index (χ1v) is 9.54. The highest BCUT2D eigenvalue weighted by molar-refractivity contribution is 5.83. The lowest BCUT2D eigenvalue weighted by Gasteiger charge is -2.15. The van der Waals surface area contributed by atoms with E-state index < -0.39 is 22.4 Å². The number of hydrogen-bond donors (Lipinski definition) is 0. The Morgan fingerprint density at radius 2 is 1.73 bits per heavy atom. The molecule has 0 unspecified atom stereocenters. The van der Waals surface area contributed by atoms with Crippen molar-refractivity contribution in [3.05, 3.63) is 87.5 Å². The fourth-order valence-electron chi connectivity index (χ4n) is 3.42. The molecule has 1 aromatic heterocycles. The lowest BCUT2D eigenvalue weighted by atomic mass is 9.94. The number of rotatable bonds is 5. The summed E-state index contributed by atoms with van der Waals surface area (Å²) in [4.78, 5) is 25.5. The Morgan fingerprint density at radius 1 is 1.00 bits per heavy atom. The van der Waals surface area contributed by atoms with E-state index >= 15 is 0 Å². The smallest absolute Gasteiger partial charge is 0.334 e. The molecule has 0 N–H and O–H groups in total. The number of halogens is 3. The summed E-state index contributed by atoms with van der Waals surface area (Å²) in [5.41, 5.74) is -0.0669. The number of aromatic nitrogens is 2. The fourth-order valence-corrected chi connectivity index (χ4v) is 3.42. The van der Waals surface area contributed by atoms with E-state index in [1.54, 1.807) is 31.2 Å². The van der Waals surface area contributed by atoms with Gasteiger partial charge in [0.2, 0.25) is 5.82 Å². The lowest BCUT2D eigenvalue weighted by molar-refractivity contribution is -0.385. The maximum atomic E-state index is 13.9. The number of alkyl halides is 3. The van der Waals surface area contributed by atoms with Gasteiger partial charge in [-0.1, -0.05) is 35.5 Å². The van der Waals surface area contributed by atoms with Gasteiger partial charge in [-0.25, -0.2) is 0 Å². The molecule has 0 aliphatic heterocycles. The zero-order valence-corrected chi connectivity index (χ0v) is 17.0. The molecular weight excluding hydrogens is 439 g/mol. The highest BCUT2D eigenvalue weighted by Gasteiger charge is 2.34. The van der Waals surface area contributed by atoms with Crippen LogP contribution < -0.4 is 0 Å². The highest BCUT2D eigenvalue weighted by Crippen LogP contribution is 2.40. The first-order chi connectivity index (χ1) is 15.7. The first kappa shape index (κ1) is 21.9. The molecule has 166 valence electrons. The number of benzene rings is 3. The second-order valence-electron chi connectivity index (χ2n) is 7.14. The Kier molecular flexibility index (Phi) is 5.50. The fraction of sp³-hybridized carbons (Fsp3) is 0.0870. The Labute approximate surface area is 184 Å². The Morgan fingerprint density at radius 3 is 2.39 bits per heavy atom. The zero-order valence-electron chi connectivity index (χ0n) is 17.0.